The molecular weight excluding hydrogens is 272 g/mol. The van der Waals surface area contributed by atoms with Crippen LogP contribution in [0.25, 0.3) is 10.9 Å². The van der Waals surface area contributed by atoms with Gasteiger partial charge in [0.15, 0.2) is 0 Å². The average molecular weight is 298 g/mol. The van der Waals surface area contributed by atoms with Gasteiger partial charge in [0.1, 0.15) is 0 Å². The van der Waals surface area contributed by atoms with Gasteiger partial charge in [-0.3, -0.25) is 5.32 Å². The van der Waals surface area contributed by atoms with E-state index in [0.29, 0.717) is 6.04 Å². The quantitative estimate of drug-likeness (QED) is 0.894. The van der Waals surface area contributed by atoms with E-state index in [-0.39, 0.29) is 0 Å². The highest BCUT2D eigenvalue weighted by molar-refractivity contribution is 5.94. The molecule has 1 saturated heterocycles. The van der Waals surface area contributed by atoms with Crippen molar-refractivity contribution in [1.82, 2.24) is 15.2 Å². The van der Waals surface area contributed by atoms with Gasteiger partial charge < -0.3 is 14.8 Å². The first-order valence-corrected chi connectivity index (χ1v) is 8.02. The molecule has 2 N–H and O–H groups in total. The zero-order valence-electron chi connectivity index (χ0n) is 14.9. The molecule has 1 aromatic heterocycles. The summed E-state index contributed by atoms with van der Waals surface area (Å²) in [5.74, 6) is 0. The number of hydrogen-bond acceptors (Lipinski definition) is 3. The van der Waals surface area contributed by atoms with Crippen LogP contribution >= 0.6 is 0 Å². The third-order valence-corrected chi connectivity index (χ3v) is 4.59. The number of aromatic nitrogens is 1. The van der Waals surface area contributed by atoms with Crippen LogP contribution in [0, 0.1) is 6.92 Å². The van der Waals surface area contributed by atoms with Crippen LogP contribution < -0.4 is 15.5 Å². The molecule has 3 heterocycles. The van der Waals surface area contributed by atoms with Gasteiger partial charge in [0, 0.05) is 31.7 Å². The van der Waals surface area contributed by atoms with Crippen LogP contribution in [-0.4, -0.2) is 30.8 Å². The summed E-state index contributed by atoms with van der Waals surface area (Å²) in [6.45, 7) is 3.10. The lowest BCUT2D eigenvalue weighted by molar-refractivity contribution is 0.376. The van der Waals surface area contributed by atoms with E-state index < -0.39 is 13.2 Å². The smallest absolute Gasteiger partial charge is 0.0728 e. The second kappa shape index (κ2) is 5.78. The summed E-state index contributed by atoms with van der Waals surface area (Å²) in [5, 5.41) is 7.54. The monoisotopic (exact) mass is 298 g/mol. The second-order valence-corrected chi connectivity index (χ2v) is 6.13. The van der Waals surface area contributed by atoms with Gasteiger partial charge in [-0.2, -0.15) is 0 Å². The summed E-state index contributed by atoms with van der Waals surface area (Å²) in [6.07, 6.45) is 8.14. The minimum absolute atomic E-state index is 0.511. The molecule has 0 radical (unpaired) electrons. The van der Waals surface area contributed by atoms with E-state index in [2.05, 4.69) is 46.5 Å². The first-order valence-electron chi connectivity index (χ1n) is 9.18. The molecule has 4 heteroatoms. The molecule has 2 atom stereocenters. The lowest BCUT2D eigenvalue weighted by Gasteiger charge is -2.27. The lowest BCUT2D eigenvalue weighted by Crippen LogP contribution is -2.34. The van der Waals surface area contributed by atoms with Crippen LogP contribution in [0.5, 0.6) is 0 Å². The van der Waals surface area contributed by atoms with Crippen molar-refractivity contribution in [3.8, 4) is 0 Å². The van der Waals surface area contributed by atoms with Gasteiger partial charge in [-0.25, -0.2) is 0 Å². The maximum atomic E-state index is 8.27. The summed E-state index contributed by atoms with van der Waals surface area (Å²) < 4.78 is 18.4. The Bertz CT molecular complexity index is 764. The first kappa shape index (κ1) is 11.7. The molecule has 0 bridgehead atoms. The molecule has 1 fully saturated rings. The van der Waals surface area contributed by atoms with Gasteiger partial charge in [0.05, 0.1) is 19.2 Å². The zero-order chi connectivity index (χ0) is 16.7. The third-order valence-electron chi connectivity index (χ3n) is 4.59. The van der Waals surface area contributed by atoms with Gasteiger partial charge >= 0.3 is 0 Å². The molecule has 2 unspecified atom stereocenters. The normalized spacial score (nSPS) is 28.0. The van der Waals surface area contributed by atoms with Gasteiger partial charge in [0.2, 0.25) is 0 Å². The highest BCUT2D eigenvalue weighted by Gasteiger charge is 2.19. The van der Waals surface area contributed by atoms with Crippen molar-refractivity contribution in [2.75, 3.05) is 31.2 Å². The number of hydrogen-bond donors (Lipinski definition) is 2. The maximum absolute atomic E-state index is 8.27. The number of nitrogens with zero attached hydrogens (tertiary/aromatic N) is 2. The Hall–Kier alpha value is -1.78. The summed E-state index contributed by atoms with van der Waals surface area (Å²) in [5.41, 5.74) is 3.47. The molecule has 2 aliphatic rings. The highest BCUT2D eigenvalue weighted by Crippen LogP contribution is 2.33. The number of aryl methyl sites for hydroxylation is 1. The largest absolute Gasteiger partial charge is 0.344 e. The summed E-state index contributed by atoms with van der Waals surface area (Å²) in [7, 11) is 0. The molecule has 22 heavy (non-hydrogen) atoms. The first-order chi connectivity index (χ1) is 11.6. The number of anilines is 1. The van der Waals surface area contributed by atoms with Crippen molar-refractivity contribution in [3.63, 3.8) is 0 Å². The van der Waals surface area contributed by atoms with Gasteiger partial charge in [-0.05, 0) is 56.6 Å². The molecule has 2 aromatic rings. The minimum Gasteiger partial charge on any atom is -0.344 e. The Morgan fingerprint density at radius 2 is 2.09 bits per heavy atom. The van der Waals surface area contributed by atoms with E-state index in [1.807, 2.05) is 11.1 Å². The third kappa shape index (κ3) is 2.42. The Morgan fingerprint density at radius 3 is 2.91 bits per heavy atom. The predicted octanol–water partition coefficient (Wildman–Crippen LogP) is 2.76. The van der Waals surface area contributed by atoms with E-state index in [4.69, 9.17) is 2.74 Å². The van der Waals surface area contributed by atoms with Crippen LogP contribution in [0.4, 0.5) is 5.69 Å². The molecule has 4 nitrogen and oxygen atoms in total. The topological polar surface area (TPSA) is 32.2 Å². The van der Waals surface area contributed by atoms with E-state index in [0.717, 1.165) is 31.6 Å². The standard InChI is InChI=1S/C18H24N4/c1-14-11-17(21-9-2-6-20-13-21)16-5-10-22(18(16)12-14)15-3-7-19-8-4-15/h2,5,9-12,15,19-20H,3-4,6-8,13H2,1H3/i6D,13D. The number of nitrogens with one attached hydrogen (secondary N) is 2. The van der Waals surface area contributed by atoms with E-state index in [1.54, 1.807) is 6.08 Å². The van der Waals surface area contributed by atoms with Gasteiger partial charge in [0.25, 0.3) is 0 Å². The number of rotatable bonds is 2. The molecule has 0 amide bonds. The fraction of sp³-hybridized carbons (Fsp3) is 0.444. The van der Waals surface area contributed by atoms with Crippen LogP contribution in [-0.2, 0) is 0 Å². The number of piperidine rings is 1. The molecule has 1 aromatic carbocycles. The van der Waals surface area contributed by atoms with Gasteiger partial charge in [-0.1, -0.05) is 6.08 Å². The highest BCUT2D eigenvalue weighted by atomic mass is 15.2. The molecule has 116 valence electrons. The fourth-order valence-corrected chi connectivity index (χ4v) is 3.50. The second-order valence-electron chi connectivity index (χ2n) is 6.13. The summed E-state index contributed by atoms with van der Waals surface area (Å²) >= 11 is 0. The van der Waals surface area contributed by atoms with Crippen molar-refractivity contribution in [2.24, 2.45) is 0 Å². The number of fused-ring (bicyclic) bond motifs is 1. The molecular formula is C18H24N4. The molecule has 0 aliphatic carbocycles. The van der Waals surface area contributed by atoms with Crippen LogP contribution in [0.3, 0.4) is 0 Å². The molecule has 4 rings (SSSR count). The Labute approximate surface area is 134 Å². The Balaban J connectivity index is 1.79. The summed E-state index contributed by atoms with van der Waals surface area (Å²) in [4.78, 5) is 1.91. The molecule has 0 spiro atoms. The van der Waals surface area contributed by atoms with E-state index in [9.17, 15) is 0 Å². The van der Waals surface area contributed by atoms with E-state index >= 15 is 0 Å². The number of benzene rings is 1. The fourth-order valence-electron chi connectivity index (χ4n) is 3.50. The van der Waals surface area contributed by atoms with Crippen LogP contribution in [0.2, 0.25) is 0 Å². The van der Waals surface area contributed by atoms with Crippen LogP contribution in [0.15, 0.2) is 36.7 Å². The van der Waals surface area contributed by atoms with Crippen molar-refractivity contribution >= 4 is 16.6 Å². The maximum Gasteiger partial charge on any atom is 0.0728 e. The zero-order valence-corrected chi connectivity index (χ0v) is 12.9. The lowest BCUT2D eigenvalue weighted by atomic mass is 10.1. The van der Waals surface area contributed by atoms with Crippen molar-refractivity contribution in [2.45, 2.75) is 25.8 Å². The Kier molecular flexibility index (Phi) is 3.09. The molecule has 0 saturated carbocycles. The van der Waals surface area contributed by atoms with Crippen LogP contribution in [0.1, 0.15) is 27.2 Å². The van der Waals surface area contributed by atoms with Crippen molar-refractivity contribution in [3.05, 3.63) is 42.2 Å². The summed E-state index contributed by atoms with van der Waals surface area (Å²) in [6, 6.07) is 7.08. The average Bonchev–Trinajstić information content (AvgIpc) is 2.99. The van der Waals surface area contributed by atoms with Gasteiger partial charge in [-0.15, -0.1) is 0 Å². The Morgan fingerprint density at radius 1 is 1.23 bits per heavy atom. The SMILES string of the molecule is [2H]C1C=CN(c2cc(C)cc3c2ccn3C2CCNCC2)C([2H])N1. The predicted molar refractivity (Wildman–Crippen MR) is 92.3 cm³/mol. The van der Waals surface area contributed by atoms with E-state index in [1.165, 1.54) is 16.5 Å². The minimum atomic E-state index is -0.635. The van der Waals surface area contributed by atoms with Crippen molar-refractivity contribution < 1.29 is 2.74 Å². The molecule has 2 aliphatic heterocycles. The van der Waals surface area contributed by atoms with Crippen molar-refractivity contribution in [1.29, 1.82) is 0 Å².